The summed E-state index contributed by atoms with van der Waals surface area (Å²) in [7, 11) is 2.01. The lowest BCUT2D eigenvalue weighted by Gasteiger charge is -2.28. The number of fused-ring (bicyclic) bond motifs is 1. The molecule has 1 aliphatic heterocycles. The fraction of sp³-hybridized carbons (Fsp3) is 0.529. The third-order valence-electron chi connectivity index (χ3n) is 4.24. The van der Waals surface area contributed by atoms with Crippen LogP contribution in [0.2, 0.25) is 0 Å². The molecule has 0 spiro atoms. The smallest absolute Gasteiger partial charge is 0.326 e. The molecule has 1 unspecified atom stereocenters. The third-order valence-corrected chi connectivity index (χ3v) is 6.41. The topological polar surface area (TPSA) is 45.2 Å². The average Bonchev–Trinajstić information content (AvgIpc) is 2.95. The predicted molar refractivity (Wildman–Crippen MR) is 99.9 cm³/mol. The van der Waals surface area contributed by atoms with Gasteiger partial charge in [0.05, 0.1) is 22.6 Å². The van der Waals surface area contributed by atoms with Gasteiger partial charge in [0.15, 0.2) is 4.34 Å². The number of rotatable bonds is 5. The molecule has 26 heavy (non-hydrogen) atoms. The van der Waals surface area contributed by atoms with E-state index in [1.54, 1.807) is 12.1 Å². The van der Waals surface area contributed by atoms with Crippen LogP contribution in [0.3, 0.4) is 0 Å². The molecular weight excluding hydrogens is 383 g/mol. The first-order valence-electron chi connectivity index (χ1n) is 8.40. The highest BCUT2D eigenvalue weighted by atomic mass is 32.2. The summed E-state index contributed by atoms with van der Waals surface area (Å²) in [5.74, 6) is -0.0400. The molecule has 0 aliphatic carbocycles. The van der Waals surface area contributed by atoms with Crippen LogP contribution in [-0.4, -0.2) is 47.9 Å². The van der Waals surface area contributed by atoms with Gasteiger partial charge in [0, 0.05) is 18.0 Å². The molecule has 1 saturated heterocycles. The molecule has 1 fully saturated rings. The number of hydrogen-bond acceptors (Lipinski definition) is 5. The monoisotopic (exact) mass is 403 g/mol. The lowest BCUT2D eigenvalue weighted by molar-refractivity contribution is -0.129. The number of amides is 1. The summed E-state index contributed by atoms with van der Waals surface area (Å²) in [6, 6.07) is 5.42. The van der Waals surface area contributed by atoms with E-state index in [1.807, 2.05) is 13.1 Å². The van der Waals surface area contributed by atoms with E-state index >= 15 is 0 Å². The third kappa shape index (κ3) is 5.34. The van der Waals surface area contributed by atoms with E-state index in [1.165, 1.54) is 11.3 Å². The normalized spacial score (nSPS) is 19.0. The minimum atomic E-state index is -4.14. The largest absolute Gasteiger partial charge is 0.389 e. The number of nitrogens with zero attached hydrogens (tertiary/aromatic N) is 2. The summed E-state index contributed by atoms with van der Waals surface area (Å²) in [4.78, 5) is 18.9. The second kappa shape index (κ2) is 8.14. The van der Waals surface area contributed by atoms with E-state index < -0.39 is 12.6 Å². The van der Waals surface area contributed by atoms with Crippen molar-refractivity contribution in [3.8, 4) is 0 Å². The van der Waals surface area contributed by atoms with Crippen molar-refractivity contribution < 1.29 is 18.0 Å². The van der Waals surface area contributed by atoms with Crippen LogP contribution in [0.1, 0.15) is 19.3 Å². The Morgan fingerprint density at radius 2 is 2.27 bits per heavy atom. The highest BCUT2D eigenvalue weighted by Gasteiger charge is 2.27. The van der Waals surface area contributed by atoms with Crippen LogP contribution in [0.15, 0.2) is 22.5 Å². The van der Waals surface area contributed by atoms with Gasteiger partial charge in [0.25, 0.3) is 0 Å². The van der Waals surface area contributed by atoms with Crippen LogP contribution >= 0.6 is 23.1 Å². The number of piperidine rings is 1. The molecule has 3 rings (SSSR count). The van der Waals surface area contributed by atoms with E-state index in [-0.39, 0.29) is 17.6 Å². The van der Waals surface area contributed by atoms with Gasteiger partial charge in [0.2, 0.25) is 5.91 Å². The van der Waals surface area contributed by atoms with Crippen molar-refractivity contribution in [2.24, 2.45) is 5.92 Å². The van der Waals surface area contributed by atoms with Gasteiger partial charge < -0.3 is 10.2 Å². The lowest BCUT2D eigenvalue weighted by atomic mass is 9.97. The van der Waals surface area contributed by atoms with E-state index in [9.17, 15) is 18.0 Å². The van der Waals surface area contributed by atoms with Gasteiger partial charge in [-0.2, -0.15) is 13.2 Å². The van der Waals surface area contributed by atoms with Gasteiger partial charge in [-0.3, -0.25) is 4.79 Å². The Kier molecular flexibility index (Phi) is 6.09. The molecule has 0 bridgehead atoms. The van der Waals surface area contributed by atoms with Crippen molar-refractivity contribution in [3.05, 3.63) is 18.2 Å². The SMILES string of the molecule is CN1CCCC(C(=O)Nc2ccc3nc(SCCC(F)(F)F)sc3c2)C1. The first kappa shape index (κ1) is 19.4. The number of thiazole rings is 1. The Morgan fingerprint density at radius 1 is 1.46 bits per heavy atom. The predicted octanol–water partition coefficient (Wildman–Crippen LogP) is 4.62. The van der Waals surface area contributed by atoms with E-state index in [4.69, 9.17) is 0 Å². The first-order valence-corrected chi connectivity index (χ1v) is 10.2. The molecule has 1 N–H and O–H groups in total. The Balaban J connectivity index is 1.62. The molecule has 1 aromatic heterocycles. The molecule has 1 aliphatic rings. The van der Waals surface area contributed by atoms with Crippen molar-refractivity contribution >= 4 is 44.9 Å². The quantitative estimate of drug-likeness (QED) is 0.740. The van der Waals surface area contributed by atoms with Crippen molar-refractivity contribution in [1.29, 1.82) is 0 Å². The molecule has 0 radical (unpaired) electrons. The van der Waals surface area contributed by atoms with Crippen molar-refractivity contribution in [2.75, 3.05) is 31.2 Å². The lowest BCUT2D eigenvalue weighted by Crippen LogP contribution is -2.38. The molecule has 1 aromatic carbocycles. The molecule has 1 amide bonds. The second-order valence-electron chi connectivity index (χ2n) is 6.47. The number of anilines is 1. The Labute approximate surface area is 158 Å². The zero-order chi connectivity index (χ0) is 18.7. The van der Waals surface area contributed by atoms with Gasteiger partial charge in [-0.15, -0.1) is 11.3 Å². The van der Waals surface area contributed by atoms with Crippen LogP contribution < -0.4 is 5.32 Å². The summed E-state index contributed by atoms with van der Waals surface area (Å²) in [6.45, 7) is 1.78. The van der Waals surface area contributed by atoms with Crippen molar-refractivity contribution in [2.45, 2.75) is 29.8 Å². The van der Waals surface area contributed by atoms with Gasteiger partial charge >= 0.3 is 6.18 Å². The van der Waals surface area contributed by atoms with Crippen molar-refractivity contribution in [3.63, 3.8) is 0 Å². The number of likely N-dealkylation sites (tertiary alicyclic amines) is 1. The number of benzene rings is 1. The number of hydrogen-bond donors (Lipinski definition) is 1. The number of nitrogens with one attached hydrogen (secondary N) is 1. The molecule has 4 nitrogen and oxygen atoms in total. The molecule has 142 valence electrons. The number of halogens is 3. The van der Waals surface area contributed by atoms with Crippen LogP contribution in [0, 0.1) is 5.92 Å². The maximum absolute atomic E-state index is 12.4. The summed E-state index contributed by atoms with van der Waals surface area (Å²) in [5, 5.41) is 2.95. The number of carbonyl (C=O) groups is 1. The van der Waals surface area contributed by atoms with Crippen LogP contribution in [0.25, 0.3) is 10.2 Å². The minimum Gasteiger partial charge on any atom is -0.326 e. The molecule has 2 aromatic rings. The molecule has 1 atom stereocenters. The zero-order valence-electron chi connectivity index (χ0n) is 14.3. The van der Waals surface area contributed by atoms with Gasteiger partial charge in [-0.05, 0) is 44.6 Å². The number of thioether (sulfide) groups is 1. The molecule has 0 saturated carbocycles. The van der Waals surface area contributed by atoms with E-state index in [0.29, 0.717) is 10.0 Å². The highest BCUT2D eigenvalue weighted by Crippen LogP contribution is 2.33. The minimum absolute atomic E-state index is 0.0141. The van der Waals surface area contributed by atoms with Gasteiger partial charge in [-0.1, -0.05) is 11.8 Å². The fourth-order valence-electron chi connectivity index (χ4n) is 2.92. The summed E-state index contributed by atoms with van der Waals surface area (Å²) >= 11 is 2.46. The zero-order valence-corrected chi connectivity index (χ0v) is 15.9. The summed E-state index contributed by atoms with van der Waals surface area (Å²) in [6.07, 6.45) is -3.07. The number of alkyl halides is 3. The molecular formula is C17H20F3N3OS2. The van der Waals surface area contributed by atoms with Crippen LogP contribution in [0.5, 0.6) is 0 Å². The number of aromatic nitrogens is 1. The Bertz CT molecular complexity index is 778. The maximum Gasteiger partial charge on any atom is 0.389 e. The summed E-state index contributed by atoms with van der Waals surface area (Å²) in [5.41, 5.74) is 1.44. The fourth-order valence-corrected chi connectivity index (χ4v) is 5.08. The van der Waals surface area contributed by atoms with Crippen molar-refractivity contribution in [1.82, 2.24) is 9.88 Å². The van der Waals surface area contributed by atoms with Crippen LogP contribution in [-0.2, 0) is 4.79 Å². The Morgan fingerprint density at radius 3 is 3.00 bits per heavy atom. The summed E-state index contributed by atoms with van der Waals surface area (Å²) < 4.78 is 38.2. The maximum atomic E-state index is 12.4. The average molecular weight is 403 g/mol. The number of carbonyl (C=O) groups excluding carboxylic acids is 1. The second-order valence-corrected chi connectivity index (χ2v) is 8.84. The first-order chi connectivity index (χ1) is 12.3. The standard InChI is InChI=1S/C17H20F3N3OS2/c1-23-7-2-3-11(10-23)15(24)21-12-4-5-13-14(9-12)26-16(22-13)25-8-6-17(18,19)20/h4-5,9,11H,2-3,6-8,10H2,1H3,(H,21,24). The highest BCUT2D eigenvalue weighted by molar-refractivity contribution is 8.01. The molecule has 9 heteroatoms. The van der Waals surface area contributed by atoms with Gasteiger partial charge in [-0.25, -0.2) is 4.98 Å². The van der Waals surface area contributed by atoms with E-state index in [0.717, 1.165) is 47.9 Å². The van der Waals surface area contributed by atoms with Gasteiger partial charge in [0.1, 0.15) is 0 Å². The van der Waals surface area contributed by atoms with Crippen LogP contribution in [0.4, 0.5) is 18.9 Å². The molecule has 2 heterocycles. The Hall–Kier alpha value is -1.32. The van der Waals surface area contributed by atoms with E-state index in [2.05, 4.69) is 15.2 Å².